The van der Waals surface area contributed by atoms with Crippen molar-refractivity contribution in [1.82, 2.24) is 5.32 Å². The molecule has 0 unspecified atom stereocenters. The number of hydrogen-bond donors (Lipinski definition) is 3. The van der Waals surface area contributed by atoms with Crippen LogP contribution in [0, 0.1) is 0 Å². The van der Waals surface area contributed by atoms with Crippen molar-refractivity contribution in [3.8, 4) is 5.75 Å². The second-order valence-electron chi connectivity index (χ2n) is 6.12. The topological polar surface area (TPSA) is 79.9 Å². The minimum atomic E-state index is -0.269. The van der Waals surface area contributed by atoms with Crippen molar-refractivity contribution >= 4 is 22.9 Å². The molecule has 24 heavy (non-hydrogen) atoms. The Bertz CT molecular complexity index is 707. The fraction of sp³-hybridized carbons (Fsp3) is 0.389. The van der Waals surface area contributed by atoms with Crippen LogP contribution < -0.4 is 15.8 Å². The van der Waals surface area contributed by atoms with E-state index < -0.39 is 0 Å². The molecule has 4 N–H and O–H groups in total. The van der Waals surface area contributed by atoms with Crippen molar-refractivity contribution in [3.63, 3.8) is 0 Å². The fourth-order valence-corrected chi connectivity index (χ4v) is 3.79. The predicted molar refractivity (Wildman–Crippen MR) is 98.5 cm³/mol. The molecule has 128 valence electrons. The zero-order valence-corrected chi connectivity index (χ0v) is 14.6. The van der Waals surface area contributed by atoms with Crippen molar-refractivity contribution in [2.75, 3.05) is 20.3 Å². The Balaban J connectivity index is 1.89. The van der Waals surface area contributed by atoms with Crippen LogP contribution in [0.15, 0.2) is 40.7 Å². The molecule has 1 aromatic heterocycles. The molecule has 0 radical (unpaired) electrons. The van der Waals surface area contributed by atoms with E-state index in [4.69, 9.17) is 10.5 Å². The van der Waals surface area contributed by atoms with Crippen molar-refractivity contribution in [1.29, 1.82) is 0 Å². The molecule has 2 aromatic rings. The van der Waals surface area contributed by atoms with E-state index in [9.17, 15) is 5.11 Å². The highest BCUT2D eigenvalue weighted by atomic mass is 32.1. The number of nitrogens with zero attached hydrogens (tertiary/aromatic N) is 1. The third kappa shape index (κ3) is 3.61. The summed E-state index contributed by atoms with van der Waals surface area (Å²) >= 11 is 1.57. The maximum Gasteiger partial charge on any atom is 0.141 e. The first-order valence-electron chi connectivity index (χ1n) is 8.07. The molecule has 1 saturated heterocycles. The van der Waals surface area contributed by atoms with E-state index in [0.29, 0.717) is 12.3 Å². The number of aliphatic hydroxyl groups is 1. The van der Waals surface area contributed by atoms with Gasteiger partial charge in [-0.15, -0.1) is 11.3 Å². The van der Waals surface area contributed by atoms with Gasteiger partial charge in [0.25, 0.3) is 0 Å². The summed E-state index contributed by atoms with van der Waals surface area (Å²) < 4.78 is 5.49. The quantitative estimate of drug-likeness (QED) is 0.555. The van der Waals surface area contributed by atoms with Crippen molar-refractivity contribution in [2.45, 2.75) is 24.8 Å². The van der Waals surface area contributed by atoms with Crippen LogP contribution in [0.4, 0.5) is 5.69 Å². The number of nitrogens with two attached hydrogens (primary N) is 1. The van der Waals surface area contributed by atoms with Crippen LogP contribution in [-0.4, -0.2) is 36.7 Å². The average molecular weight is 345 g/mol. The third-order valence-corrected chi connectivity index (χ3v) is 5.34. The van der Waals surface area contributed by atoms with Crippen LogP contribution in [-0.2, 0) is 6.42 Å². The molecule has 3 rings (SSSR count). The minimum absolute atomic E-state index is 0.112. The number of thiophene rings is 1. The first kappa shape index (κ1) is 17.0. The van der Waals surface area contributed by atoms with Crippen molar-refractivity contribution in [3.05, 3.63) is 46.2 Å². The summed E-state index contributed by atoms with van der Waals surface area (Å²) in [5.74, 6) is 1.32. The number of rotatable bonds is 6. The second-order valence-corrected chi connectivity index (χ2v) is 7.06. The van der Waals surface area contributed by atoms with Crippen LogP contribution in [0.2, 0.25) is 0 Å². The van der Waals surface area contributed by atoms with Gasteiger partial charge >= 0.3 is 0 Å². The van der Waals surface area contributed by atoms with Gasteiger partial charge in [-0.3, -0.25) is 0 Å². The average Bonchev–Trinajstić information content (AvgIpc) is 3.27. The molecule has 0 spiro atoms. The number of ether oxygens (including phenoxy) is 1. The lowest BCUT2D eigenvalue weighted by Crippen LogP contribution is -2.45. The van der Waals surface area contributed by atoms with E-state index in [1.165, 1.54) is 0 Å². The Labute approximate surface area is 146 Å². The van der Waals surface area contributed by atoms with Crippen LogP contribution in [0.5, 0.6) is 5.75 Å². The van der Waals surface area contributed by atoms with Gasteiger partial charge in [0.15, 0.2) is 0 Å². The highest BCUT2D eigenvalue weighted by Crippen LogP contribution is 2.31. The molecule has 0 bridgehead atoms. The number of nitrogens with one attached hydrogen (secondary N) is 1. The van der Waals surface area contributed by atoms with Crippen LogP contribution in [0.3, 0.4) is 0 Å². The van der Waals surface area contributed by atoms with E-state index in [1.807, 2.05) is 35.7 Å². The second kappa shape index (κ2) is 7.34. The van der Waals surface area contributed by atoms with Gasteiger partial charge in [-0.25, -0.2) is 4.99 Å². The van der Waals surface area contributed by atoms with Crippen molar-refractivity contribution < 1.29 is 9.84 Å². The van der Waals surface area contributed by atoms with Gasteiger partial charge in [-0.2, -0.15) is 0 Å². The van der Waals surface area contributed by atoms with Gasteiger partial charge in [0, 0.05) is 5.54 Å². The highest BCUT2D eigenvalue weighted by molar-refractivity contribution is 7.12. The molecule has 1 aliphatic rings. The smallest absolute Gasteiger partial charge is 0.141 e. The van der Waals surface area contributed by atoms with Gasteiger partial charge in [-0.1, -0.05) is 6.07 Å². The summed E-state index contributed by atoms with van der Waals surface area (Å²) in [5, 5.41) is 15.2. The molecule has 1 aliphatic heterocycles. The van der Waals surface area contributed by atoms with E-state index in [1.54, 1.807) is 18.4 Å². The Hall–Kier alpha value is -1.89. The normalized spacial score (nSPS) is 21.2. The number of aliphatic imine (C=N–C) groups is 1. The Morgan fingerprint density at radius 2 is 2.33 bits per heavy atom. The van der Waals surface area contributed by atoms with E-state index >= 15 is 0 Å². The van der Waals surface area contributed by atoms with Crippen LogP contribution in [0.25, 0.3) is 0 Å². The molecule has 2 heterocycles. The van der Waals surface area contributed by atoms with Gasteiger partial charge in [0.05, 0.1) is 24.3 Å². The third-order valence-electron chi connectivity index (χ3n) is 4.45. The largest absolute Gasteiger partial charge is 0.496 e. The van der Waals surface area contributed by atoms with Gasteiger partial charge < -0.3 is 20.9 Å². The Kier molecular flexibility index (Phi) is 5.18. The number of aliphatic hydroxyl groups excluding tert-OH is 1. The standard InChI is InChI=1S/C18H23N3O2S/c1-23-15-6-5-14(21-17(19)16-4-2-9-24-16)10-13(15)11-18(12-22)7-3-8-20-18/h2,4-6,9-10,20,22H,3,7-8,11-12H2,1H3,(H2,19,21)/t18-/m1/s1. The van der Waals surface area contributed by atoms with E-state index in [2.05, 4.69) is 10.3 Å². The summed E-state index contributed by atoms with van der Waals surface area (Å²) in [6.07, 6.45) is 2.73. The number of methoxy groups -OCH3 is 1. The van der Waals surface area contributed by atoms with E-state index in [-0.39, 0.29) is 12.1 Å². The van der Waals surface area contributed by atoms with Gasteiger partial charge in [-0.05, 0) is 61.0 Å². The Morgan fingerprint density at radius 3 is 2.96 bits per heavy atom. The molecular weight excluding hydrogens is 322 g/mol. The fourth-order valence-electron chi connectivity index (χ4n) is 3.17. The lowest BCUT2D eigenvalue weighted by atomic mass is 9.89. The number of benzene rings is 1. The Morgan fingerprint density at radius 1 is 1.46 bits per heavy atom. The van der Waals surface area contributed by atoms with Gasteiger partial charge in [0.1, 0.15) is 11.6 Å². The van der Waals surface area contributed by atoms with Crippen LogP contribution >= 0.6 is 11.3 Å². The molecule has 5 nitrogen and oxygen atoms in total. The SMILES string of the molecule is COc1ccc(N=C(N)c2cccs2)cc1C[C@@]1(CO)CCCN1. The minimum Gasteiger partial charge on any atom is -0.496 e. The van der Waals surface area contributed by atoms with Gasteiger partial charge in [0.2, 0.25) is 0 Å². The maximum absolute atomic E-state index is 9.83. The summed E-state index contributed by atoms with van der Waals surface area (Å²) in [7, 11) is 1.66. The lowest BCUT2D eigenvalue weighted by molar-refractivity contribution is 0.176. The maximum atomic E-state index is 9.83. The number of hydrogen-bond acceptors (Lipinski definition) is 5. The summed E-state index contributed by atoms with van der Waals surface area (Å²) in [5.41, 5.74) is 7.64. The molecule has 0 amide bonds. The van der Waals surface area contributed by atoms with E-state index in [0.717, 1.165) is 41.3 Å². The molecular formula is C18H23N3O2S. The van der Waals surface area contributed by atoms with Crippen LogP contribution in [0.1, 0.15) is 23.3 Å². The lowest BCUT2D eigenvalue weighted by Gasteiger charge is -2.28. The first-order chi connectivity index (χ1) is 11.7. The zero-order chi connectivity index (χ0) is 17.0. The predicted octanol–water partition coefficient (Wildman–Crippen LogP) is 2.45. The molecule has 0 saturated carbocycles. The summed E-state index contributed by atoms with van der Waals surface area (Å²) in [6.45, 7) is 1.05. The van der Waals surface area contributed by atoms with Crippen molar-refractivity contribution in [2.24, 2.45) is 10.7 Å². The molecule has 1 atom stereocenters. The summed E-state index contributed by atoms with van der Waals surface area (Å²) in [4.78, 5) is 5.48. The zero-order valence-electron chi connectivity index (χ0n) is 13.8. The molecule has 6 heteroatoms. The monoisotopic (exact) mass is 345 g/mol. The molecule has 1 aromatic carbocycles. The first-order valence-corrected chi connectivity index (χ1v) is 8.95. The number of amidine groups is 1. The highest BCUT2D eigenvalue weighted by Gasteiger charge is 2.33. The summed E-state index contributed by atoms with van der Waals surface area (Å²) in [6, 6.07) is 9.72. The molecule has 1 fully saturated rings. The molecule has 0 aliphatic carbocycles.